The van der Waals surface area contributed by atoms with Gasteiger partial charge in [0.2, 0.25) is 0 Å². The molecule has 0 spiro atoms. The van der Waals surface area contributed by atoms with E-state index in [1.165, 1.54) is 0 Å². The molecule has 1 unspecified atom stereocenters. The number of alkyl halides is 3. The molecule has 0 bridgehead atoms. The van der Waals surface area contributed by atoms with E-state index in [0.717, 1.165) is 18.7 Å². The van der Waals surface area contributed by atoms with Crippen molar-refractivity contribution in [3.8, 4) is 0 Å². The van der Waals surface area contributed by atoms with Crippen LogP contribution in [0.3, 0.4) is 0 Å². The Morgan fingerprint density at radius 3 is 2.40 bits per heavy atom. The molecule has 0 aliphatic carbocycles. The number of thioether (sulfide) groups is 1. The van der Waals surface area contributed by atoms with Crippen molar-refractivity contribution in [2.24, 2.45) is 0 Å². The number of halogens is 3. The van der Waals surface area contributed by atoms with Crippen LogP contribution in [0.25, 0.3) is 0 Å². The van der Waals surface area contributed by atoms with Gasteiger partial charge in [-0.25, -0.2) is 0 Å². The maximum Gasteiger partial charge on any atom is 0.389 e. The van der Waals surface area contributed by atoms with E-state index >= 15 is 0 Å². The lowest BCUT2D eigenvalue weighted by Crippen LogP contribution is -2.29. The van der Waals surface area contributed by atoms with Gasteiger partial charge in [-0.3, -0.25) is 0 Å². The molecule has 1 nitrogen and oxygen atoms in total. The van der Waals surface area contributed by atoms with Gasteiger partial charge in [-0.15, -0.1) is 0 Å². The first-order chi connectivity index (χ1) is 6.99. The fraction of sp³-hybridized carbons (Fsp3) is 1.00. The van der Waals surface area contributed by atoms with Crippen LogP contribution >= 0.6 is 11.8 Å². The molecular weight excluding hydrogens is 223 g/mol. The minimum absolute atomic E-state index is 0.232. The first-order valence-electron chi connectivity index (χ1n) is 5.28. The second-order valence-electron chi connectivity index (χ2n) is 3.54. The van der Waals surface area contributed by atoms with Crippen molar-refractivity contribution in [1.82, 2.24) is 5.32 Å². The molecule has 1 atom stereocenters. The first-order valence-corrected chi connectivity index (χ1v) is 6.68. The fourth-order valence-corrected chi connectivity index (χ4v) is 1.97. The lowest BCUT2D eigenvalue weighted by Gasteiger charge is -2.17. The Kier molecular flexibility index (Phi) is 8.33. The highest BCUT2D eigenvalue weighted by Gasteiger charge is 2.26. The summed E-state index contributed by atoms with van der Waals surface area (Å²) in [7, 11) is 0. The van der Waals surface area contributed by atoms with Crippen molar-refractivity contribution in [3.63, 3.8) is 0 Å². The van der Waals surface area contributed by atoms with Gasteiger partial charge in [0.05, 0.1) is 0 Å². The third kappa shape index (κ3) is 10.4. The molecule has 0 saturated carbocycles. The summed E-state index contributed by atoms with van der Waals surface area (Å²) < 4.78 is 35.8. The summed E-state index contributed by atoms with van der Waals surface area (Å²) in [5.74, 6) is 1.00. The summed E-state index contributed by atoms with van der Waals surface area (Å²) in [6.07, 6.45) is -0.848. The molecule has 0 heterocycles. The molecule has 92 valence electrons. The highest BCUT2D eigenvalue weighted by atomic mass is 32.2. The molecule has 5 heteroatoms. The normalized spacial score (nSPS) is 14.2. The van der Waals surface area contributed by atoms with Crippen molar-refractivity contribution >= 4 is 11.8 Å². The second kappa shape index (κ2) is 8.28. The highest BCUT2D eigenvalue weighted by molar-refractivity contribution is 7.98. The molecule has 0 fully saturated rings. The number of nitrogens with one attached hydrogen (secondary N) is 1. The maximum atomic E-state index is 11.9. The molecular formula is C10H20F3NS. The average molecular weight is 243 g/mol. The van der Waals surface area contributed by atoms with Crippen LogP contribution in [0.2, 0.25) is 0 Å². The molecule has 0 aromatic heterocycles. The van der Waals surface area contributed by atoms with Crippen LogP contribution in [0, 0.1) is 0 Å². The Morgan fingerprint density at radius 1 is 1.27 bits per heavy atom. The van der Waals surface area contributed by atoms with Crippen LogP contribution in [-0.4, -0.2) is 30.8 Å². The summed E-state index contributed by atoms with van der Waals surface area (Å²) in [5.41, 5.74) is 0. The number of hydrogen-bond donors (Lipinski definition) is 1. The zero-order valence-corrected chi connectivity index (χ0v) is 10.2. The topological polar surface area (TPSA) is 12.0 Å². The summed E-state index contributed by atoms with van der Waals surface area (Å²) in [4.78, 5) is 0. The van der Waals surface area contributed by atoms with E-state index in [0.29, 0.717) is 6.42 Å². The summed E-state index contributed by atoms with van der Waals surface area (Å²) in [6.45, 7) is 2.81. The van der Waals surface area contributed by atoms with Crippen LogP contribution in [0.4, 0.5) is 13.2 Å². The quantitative estimate of drug-likeness (QED) is 0.700. The van der Waals surface area contributed by atoms with Crippen molar-refractivity contribution in [1.29, 1.82) is 0 Å². The lowest BCUT2D eigenvalue weighted by atomic mass is 10.1. The molecule has 0 aromatic rings. The zero-order valence-electron chi connectivity index (χ0n) is 9.36. The predicted octanol–water partition coefficient (Wildman–Crippen LogP) is 3.45. The van der Waals surface area contributed by atoms with Crippen LogP contribution in [0.15, 0.2) is 0 Å². The summed E-state index contributed by atoms with van der Waals surface area (Å²) in [6, 6.07) is 0.241. The molecule has 1 N–H and O–H groups in total. The first kappa shape index (κ1) is 15.1. The van der Waals surface area contributed by atoms with E-state index < -0.39 is 12.6 Å². The Morgan fingerprint density at radius 2 is 1.93 bits per heavy atom. The molecule has 0 radical (unpaired) electrons. The van der Waals surface area contributed by atoms with E-state index in [1.54, 1.807) is 11.8 Å². The zero-order chi connectivity index (χ0) is 11.7. The van der Waals surface area contributed by atoms with E-state index in [1.807, 2.05) is 13.2 Å². The van der Waals surface area contributed by atoms with Crippen LogP contribution in [-0.2, 0) is 0 Å². The largest absolute Gasteiger partial charge is 0.389 e. The molecule has 15 heavy (non-hydrogen) atoms. The van der Waals surface area contributed by atoms with E-state index in [-0.39, 0.29) is 12.5 Å². The lowest BCUT2D eigenvalue weighted by molar-refractivity contribution is -0.135. The number of rotatable bonds is 8. The van der Waals surface area contributed by atoms with Gasteiger partial charge in [-0.1, -0.05) is 6.92 Å². The molecule has 0 aromatic carbocycles. The van der Waals surface area contributed by atoms with Gasteiger partial charge in [-0.05, 0) is 37.8 Å². The third-order valence-electron chi connectivity index (χ3n) is 2.18. The van der Waals surface area contributed by atoms with E-state index in [9.17, 15) is 13.2 Å². The summed E-state index contributed by atoms with van der Waals surface area (Å²) in [5, 5.41) is 3.22. The standard InChI is InChI=1S/C10H20F3NS/c1-3-14-9(6-8-15-2)5-4-7-10(11,12)13/h9,14H,3-8H2,1-2H3. The van der Waals surface area contributed by atoms with E-state index in [4.69, 9.17) is 0 Å². The minimum atomic E-state index is -4.00. The molecule has 0 rings (SSSR count). The SMILES string of the molecule is CCNC(CCCC(F)(F)F)CCSC. The van der Waals surface area contributed by atoms with Crippen molar-refractivity contribution in [2.75, 3.05) is 18.6 Å². The van der Waals surface area contributed by atoms with Gasteiger partial charge < -0.3 is 5.32 Å². The van der Waals surface area contributed by atoms with Crippen molar-refractivity contribution in [2.45, 2.75) is 44.8 Å². The van der Waals surface area contributed by atoms with Crippen LogP contribution in [0.1, 0.15) is 32.6 Å². The Balaban J connectivity index is 3.65. The molecule has 0 amide bonds. The van der Waals surface area contributed by atoms with Crippen molar-refractivity contribution in [3.05, 3.63) is 0 Å². The Labute approximate surface area is 94.2 Å². The average Bonchev–Trinajstić information content (AvgIpc) is 2.12. The third-order valence-corrected chi connectivity index (χ3v) is 2.82. The molecule has 0 aliphatic heterocycles. The highest BCUT2D eigenvalue weighted by Crippen LogP contribution is 2.23. The van der Waals surface area contributed by atoms with Gasteiger partial charge >= 0.3 is 6.18 Å². The van der Waals surface area contributed by atoms with Gasteiger partial charge in [-0.2, -0.15) is 24.9 Å². The minimum Gasteiger partial charge on any atom is -0.314 e. The van der Waals surface area contributed by atoms with E-state index in [2.05, 4.69) is 5.32 Å². The van der Waals surface area contributed by atoms with Crippen molar-refractivity contribution < 1.29 is 13.2 Å². The Bertz CT molecular complexity index is 150. The fourth-order valence-electron chi connectivity index (χ4n) is 1.45. The molecule has 0 saturated heterocycles. The smallest absolute Gasteiger partial charge is 0.314 e. The predicted molar refractivity (Wildman–Crippen MR) is 60.4 cm³/mol. The van der Waals surface area contributed by atoms with Gasteiger partial charge in [0.1, 0.15) is 0 Å². The second-order valence-corrected chi connectivity index (χ2v) is 4.53. The number of hydrogen-bond acceptors (Lipinski definition) is 2. The van der Waals surface area contributed by atoms with Gasteiger partial charge in [0.25, 0.3) is 0 Å². The van der Waals surface area contributed by atoms with Gasteiger partial charge in [0, 0.05) is 12.5 Å². The van der Waals surface area contributed by atoms with Crippen LogP contribution < -0.4 is 5.32 Å². The van der Waals surface area contributed by atoms with Gasteiger partial charge in [0.15, 0.2) is 0 Å². The molecule has 0 aliphatic rings. The Hall–Kier alpha value is 0.100. The summed E-state index contributed by atoms with van der Waals surface area (Å²) >= 11 is 1.73. The maximum absolute atomic E-state index is 11.9. The monoisotopic (exact) mass is 243 g/mol. The van der Waals surface area contributed by atoms with Crippen LogP contribution in [0.5, 0.6) is 0 Å².